The van der Waals surface area contributed by atoms with E-state index >= 15 is 0 Å². The highest BCUT2D eigenvalue weighted by Gasteiger charge is 2.33. The van der Waals surface area contributed by atoms with Crippen LogP contribution >= 0.6 is 0 Å². The second kappa shape index (κ2) is 10.7. The van der Waals surface area contributed by atoms with Gasteiger partial charge in [-0.3, -0.25) is 19.3 Å². The average molecular weight is 459 g/mol. The molecule has 174 valence electrons. The summed E-state index contributed by atoms with van der Waals surface area (Å²) in [5, 5.41) is 2.77. The zero-order chi connectivity index (χ0) is 23.9. The van der Waals surface area contributed by atoms with Crippen LogP contribution in [0, 0.1) is 0 Å². The van der Waals surface area contributed by atoms with Gasteiger partial charge in [-0.05, 0) is 23.3 Å². The van der Waals surface area contributed by atoms with Crippen molar-refractivity contribution in [2.75, 3.05) is 18.1 Å². The molecule has 4 rings (SSSR count). The second-order valence-electron chi connectivity index (χ2n) is 8.00. The summed E-state index contributed by atoms with van der Waals surface area (Å²) < 4.78 is 11.3. The molecule has 1 aliphatic heterocycles. The van der Waals surface area contributed by atoms with Gasteiger partial charge in [0.2, 0.25) is 5.91 Å². The first-order chi connectivity index (χ1) is 16.5. The van der Waals surface area contributed by atoms with Gasteiger partial charge in [0.05, 0.1) is 24.2 Å². The molecule has 0 saturated heterocycles. The van der Waals surface area contributed by atoms with Gasteiger partial charge in [0, 0.05) is 6.92 Å². The fourth-order valence-electron chi connectivity index (χ4n) is 4.04. The number of ether oxygens (including phenoxy) is 2. The molecule has 2 amide bonds. The van der Waals surface area contributed by atoms with Crippen molar-refractivity contribution < 1.29 is 23.9 Å². The molecule has 0 fully saturated rings. The van der Waals surface area contributed by atoms with Crippen LogP contribution in [0.1, 0.15) is 36.6 Å². The fourth-order valence-corrected chi connectivity index (χ4v) is 4.04. The highest BCUT2D eigenvalue weighted by Crippen LogP contribution is 2.39. The van der Waals surface area contributed by atoms with Crippen LogP contribution in [0.3, 0.4) is 0 Å². The van der Waals surface area contributed by atoms with Crippen LogP contribution in [-0.2, 0) is 19.1 Å². The number of amides is 2. The maximum atomic E-state index is 13.3. The zero-order valence-electron chi connectivity index (χ0n) is 18.8. The van der Waals surface area contributed by atoms with Crippen LogP contribution in [0.25, 0.3) is 0 Å². The summed E-state index contributed by atoms with van der Waals surface area (Å²) in [5.41, 5.74) is 2.34. The van der Waals surface area contributed by atoms with Gasteiger partial charge >= 0.3 is 5.97 Å². The lowest BCUT2D eigenvalue weighted by atomic mass is 10.0. The molecule has 0 aliphatic carbocycles. The quantitative estimate of drug-likeness (QED) is 0.542. The van der Waals surface area contributed by atoms with Gasteiger partial charge < -0.3 is 14.8 Å². The van der Waals surface area contributed by atoms with Crippen LogP contribution in [-0.4, -0.2) is 31.0 Å². The van der Waals surface area contributed by atoms with Crippen molar-refractivity contribution in [3.8, 4) is 5.75 Å². The lowest BCUT2D eigenvalue weighted by molar-refractivity contribution is -0.148. The third kappa shape index (κ3) is 5.43. The van der Waals surface area contributed by atoms with Crippen molar-refractivity contribution in [1.29, 1.82) is 0 Å². The maximum Gasteiger partial charge on any atom is 0.308 e. The summed E-state index contributed by atoms with van der Waals surface area (Å²) in [4.78, 5) is 39.2. The molecule has 0 spiro atoms. The lowest BCUT2D eigenvalue weighted by Crippen LogP contribution is -2.43. The van der Waals surface area contributed by atoms with Gasteiger partial charge in [-0.25, -0.2) is 0 Å². The number of hydrogen-bond donors (Lipinski definition) is 1. The number of para-hydroxylation sites is 2. The number of nitrogens with zero attached hydrogens (tertiary/aromatic N) is 1. The molecule has 0 aromatic heterocycles. The lowest BCUT2D eigenvalue weighted by Gasteiger charge is -2.37. The molecule has 1 aliphatic rings. The van der Waals surface area contributed by atoms with Crippen LogP contribution < -0.4 is 15.0 Å². The Bertz CT molecular complexity index is 1150. The van der Waals surface area contributed by atoms with Gasteiger partial charge in [-0.1, -0.05) is 72.8 Å². The number of carbonyl (C=O) groups excluding carboxylic acids is 3. The first kappa shape index (κ1) is 23.0. The Morgan fingerprint density at radius 3 is 2.32 bits per heavy atom. The maximum absolute atomic E-state index is 13.3. The van der Waals surface area contributed by atoms with E-state index in [0.29, 0.717) is 18.0 Å². The summed E-state index contributed by atoms with van der Waals surface area (Å²) in [6, 6.07) is 25.2. The molecule has 0 unspecified atom stereocenters. The minimum absolute atomic E-state index is 0.0846. The highest BCUT2D eigenvalue weighted by molar-refractivity contribution is 5.97. The Morgan fingerprint density at radius 2 is 1.62 bits per heavy atom. The predicted molar refractivity (Wildman–Crippen MR) is 127 cm³/mol. The van der Waals surface area contributed by atoms with Crippen LogP contribution in [0.4, 0.5) is 5.69 Å². The third-order valence-corrected chi connectivity index (χ3v) is 5.59. The molecule has 3 aromatic carbocycles. The number of rotatable bonds is 7. The summed E-state index contributed by atoms with van der Waals surface area (Å²) in [6.45, 7) is 1.27. The van der Waals surface area contributed by atoms with Crippen molar-refractivity contribution in [2.24, 2.45) is 0 Å². The number of benzene rings is 3. The topological polar surface area (TPSA) is 84.9 Å². The SMILES string of the molecule is CC(=O)N[C@H](CC(=O)OCC(=O)N1c2ccccc2OC[C@@H]1c1ccccc1)c1ccccc1. The highest BCUT2D eigenvalue weighted by atomic mass is 16.5. The number of nitrogens with one attached hydrogen (secondary N) is 1. The predicted octanol–water partition coefficient (Wildman–Crippen LogP) is 3.96. The van der Waals surface area contributed by atoms with Crippen molar-refractivity contribution in [3.05, 3.63) is 96.1 Å². The van der Waals surface area contributed by atoms with Crippen molar-refractivity contribution in [3.63, 3.8) is 0 Å². The minimum atomic E-state index is -0.575. The number of carbonyl (C=O) groups is 3. The molecule has 34 heavy (non-hydrogen) atoms. The summed E-state index contributed by atoms with van der Waals surface area (Å²) >= 11 is 0. The van der Waals surface area contributed by atoms with Crippen molar-refractivity contribution >= 4 is 23.5 Å². The Morgan fingerprint density at radius 1 is 0.971 bits per heavy atom. The first-order valence-electron chi connectivity index (χ1n) is 11.1. The summed E-state index contributed by atoms with van der Waals surface area (Å²) in [6.07, 6.45) is -0.0846. The Hall–Kier alpha value is -4.13. The van der Waals surface area contributed by atoms with E-state index in [1.54, 1.807) is 11.0 Å². The van der Waals surface area contributed by atoms with Gasteiger partial charge in [0.15, 0.2) is 6.61 Å². The number of esters is 1. The minimum Gasteiger partial charge on any atom is -0.489 e. The molecule has 3 aromatic rings. The molecule has 7 nitrogen and oxygen atoms in total. The van der Waals surface area contributed by atoms with E-state index < -0.39 is 18.6 Å². The Kier molecular flexibility index (Phi) is 7.22. The normalized spacial score (nSPS) is 15.4. The van der Waals surface area contributed by atoms with E-state index in [2.05, 4.69) is 5.32 Å². The van der Waals surface area contributed by atoms with Crippen molar-refractivity contribution in [1.82, 2.24) is 5.32 Å². The largest absolute Gasteiger partial charge is 0.489 e. The van der Waals surface area contributed by atoms with Gasteiger partial charge in [-0.2, -0.15) is 0 Å². The van der Waals surface area contributed by atoms with E-state index in [1.165, 1.54) is 6.92 Å². The second-order valence-corrected chi connectivity index (χ2v) is 8.00. The van der Waals surface area contributed by atoms with Crippen molar-refractivity contribution in [2.45, 2.75) is 25.4 Å². The van der Waals surface area contributed by atoms with Crippen LogP contribution in [0.5, 0.6) is 5.75 Å². The van der Waals surface area contributed by atoms with Crippen LogP contribution in [0.2, 0.25) is 0 Å². The smallest absolute Gasteiger partial charge is 0.308 e. The molecule has 1 heterocycles. The monoisotopic (exact) mass is 458 g/mol. The van der Waals surface area contributed by atoms with Gasteiger partial charge in [0.1, 0.15) is 12.4 Å². The Labute approximate surface area is 198 Å². The zero-order valence-corrected chi connectivity index (χ0v) is 18.8. The molecule has 7 heteroatoms. The average Bonchev–Trinajstić information content (AvgIpc) is 2.87. The number of anilines is 1. The molecule has 0 bridgehead atoms. The van der Waals surface area contributed by atoms with E-state index in [4.69, 9.17) is 9.47 Å². The standard InChI is InChI=1S/C27H26N2O5/c1-19(30)28-22(20-10-4-2-5-11-20)16-27(32)34-18-26(31)29-23-14-8-9-15-25(23)33-17-24(29)21-12-6-3-7-13-21/h2-15,22,24H,16-18H2,1H3,(H,28,30)/t22-,24-/m1/s1. The van der Waals surface area contributed by atoms with E-state index in [0.717, 1.165) is 11.1 Å². The molecular weight excluding hydrogens is 432 g/mol. The first-order valence-corrected chi connectivity index (χ1v) is 11.1. The fraction of sp³-hybridized carbons (Fsp3) is 0.222. The molecule has 1 N–H and O–H groups in total. The third-order valence-electron chi connectivity index (χ3n) is 5.59. The molecule has 0 saturated carbocycles. The summed E-state index contributed by atoms with van der Waals surface area (Å²) in [7, 11) is 0. The van der Waals surface area contributed by atoms with Gasteiger partial charge in [-0.15, -0.1) is 0 Å². The van der Waals surface area contributed by atoms with Gasteiger partial charge in [0.25, 0.3) is 5.91 Å². The van der Waals surface area contributed by atoms with E-state index in [1.807, 2.05) is 78.9 Å². The molecule has 2 atom stereocenters. The van der Waals surface area contributed by atoms with Crippen LogP contribution in [0.15, 0.2) is 84.9 Å². The number of hydrogen-bond acceptors (Lipinski definition) is 5. The molecular formula is C27H26N2O5. The van der Waals surface area contributed by atoms with E-state index in [-0.39, 0.29) is 24.3 Å². The number of fused-ring (bicyclic) bond motifs is 1. The molecule has 0 radical (unpaired) electrons. The Balaban J connectivity index is 1.48. The summed E-state index contributed by atoms with van der Waals surface area (Å²) in [5.74, 6) is -0.583. The van der Waals surface area contributed by atoms with E-state index in [9.17, 15) is 14.4 Å².